The Morgan fingerprint density at radius 1 is 1.05 bits per heavy atom. The van der Waals surface area contributed by atoms with Gasteiger partial charge in [0.2, 0.25) is 21.8 Å². The fourth-order valence-corrected chi connectivity index (χ4v) is 7.93. The first-order valence-corrected chi connectivity index (χ1v) is 16.4. The van der Waals surface area contributed by atoms with E-state index in [1.54, 1.807) is 16.8 Å². The monoisotopic (exact) mass is 598 g/mol. The number of nitrogens with zero attached hydrogens (tertiary/aromatic N) is 2. The van der Waals surface area contributed by atoms with E-state index in [1.807, 2.05) is 36.4 Å². The molecule has 5 aliphatic rings. The highest BCUT2D eigenvalue weighted by atomic mass is 32.2. The molecule has 12 heteroatoms. The second kappa shape index (κ2) is 11.0. The Balaban J connectivity index is 1.20. The minimum atomic E-state index is -3.81. The molecule has 3 aliphatic carbocycles. The zero-order valence-corrected chi connectivity index (χ0v) is 24.6. The minimum absolute atomic E-state index is 0.140. The Morgan fingerprint density at radius 2 is 1.74 bits per heavy atom. The van der Waals surface area contributed by atoms with E-state index in [0.29, 0.717) is 32.5 Å². The SMILES string of the molecule is CN1CCCC/C=C\[C@H]2C[C@]2(C(=O)NS(=O)(=O)C2CC2)NC(=O)[C@@H]2C[C@@H](OC(=O)N3Cc4ccccc4C3)C[C@H]2C1=O. The van der Waals surface area contributed by atoms with Crippen molar-refractivity contribution < 1.29 is 32.3 Å². The second-order valence-corrected chi connectivity index (χ2v) is 14.4. The van der Waals surface area contributed by atoms with Gasteiger partial charge in [0.1, 0.15) is 11.6 Å². The summed E-state index contributed by atoms with van der Waals surface area (Å²) in [5, 5.41) is 2.28. The first-order valence-electron chi connectivity index (χ1n) is 14.9. The first-order chi connectivity index (χ1) is 20.1. The molecule has 0 radical (unpaired) electrons. The van der Waals surface area contributed by atoms with E-state index in [0.717, 1.165) is 30.4 Å². The van der Waals surface area contributed by atoms with Crippen LogP contribution in [0.1, 0.15) is 62.5 Å². The second-order valence-electron chi connectivity index (χ2n) is 12.4. The Bertz CT molecular complexity index is 1400. The third kappa shape index (κ3) is 5.65. The molecule has 3 fully saturated rings. The molecule has 5 atom stereocenters. The van der Waals surface area contributed by atoms with Crippen molar-refractivity contribution >= 4 is 33.8 Å². The van der Waals surface area contributed by atoms with E-state index in [9.17, 15) is 27.6 Å². The van der Waals surface area contributed by atoms with Gasteiger partial charge < -0.3 is 15.0 Å². The maximum Gasteiger partial charge on any atom is 0.410 e. The van der Waals surface area contributed by atoms with Crippen LogP contribution in [0.25, 0.3) is 0 Å². The molecule has 3 saturated carbocycles. The van der Waals surface area contributed by atoms with Crippen LogP contribution < -0.4 is 10.0 Å². The first kappa shape index (κ1) is 28.7. The summed E-state index contributed by atoms with van der Waals surface area (Å²) in [6, 6.07) is 7.80. The quantitative estimate of drug-likeness (QED) is 0.506. The number of allylic oxidation sites excluding steroid dienone is 1. The topological polar surface area (TPSA) is 142 Å². The van der Waals surface area contributed by atoms with Crippen LogP contribution in [0.2, 0.25) is 0 Å². The van der Waals surface area contributed by atoms with Gasteiger partial charge >= 0.3 is 6.09 Å². The molecule has 1 aromatic carbocycles. The van der Waals surface area contributed by atoms with Gasteiger partial charge in [-0.1, -0.05) is 36.4 Å². The van der Waals surface area contributed by atoms with Crippen molar-refractivity contribution in [2.75, 3.05) is 13.6 Å². The smallest absolute Gasteiger partial charge is 0.410 e. The van der Waals surface area contributed by atoms with E-state index < -0.39 is 56.7 Å². The van der Waals surface area contributed by atoms with Crippen molar-refractivity contribution in [2.45, 2.75) is 81.3 Å². The lowest BCUT2D eigenvalue weighted by Crippen LogP contribution is -2.54. The number of fused-ring (bicyclic) bond motifs is 3. The highest BCUT2D eigenvalue weighted by Gasteiger charge is 2.62. The predicted octanol–water partition coefficient (Wildman–Crippen LogP) is 2.22. The van der Waals surface area contributed by atoms with Gasteiger partial charge in [-0.15, -0.1) is 0 Å². The van der Waals surface area contributed by atoms with Crippen LogP contribution in [0, 0.1) is 17.8 Å². The number of carbonyl (C=O) groups is 4. The number of amides is 4. The number of carbonyl (C=O) groups excluding carboxylic acids is 4. The number of hydrogen-bond donors (Lipinski definition) is 2. The van der Waals surface area contributed by atoms with E-state index >= 15 is 0 Å². The summed E-state index contributed by atoms with van der Waals surface area (Å²) >= 11 is 0. The summed E-state index contributed by atoms with van der Waals surface area (Å²) in [6.07, 6.45) is 6.70. The number of rotatable bonds is 4. The molecule has 6 rings (SSSR count). The van der Waals surface area contributed by atoms with Crippen LogP contribution in [0.3, 0.4) is 0 Å². The van der Waals surface area contributed by atoms with Crippen molar-refractivity contribution in [2.24, 2.45) is 17.8 Å². The lowest BCUT2D eigenvalue weighted by Gasteiger charge is -2.26. The van der Waals surface area contributed by atoms with Crippen molar-refractivity contribution in [1.29, 1.82) is 0 Å². The fraction of sp³-hybridized carbons (Fsp3) is 0.600. The average Bonchev–Trinajstić information content (AvgIpc) is 3.84. The van der Waals surface area contributed by atoms with Crippen molar-refractivity contribution in [3.63, 3.8) is 0 Å². The molecule has 0 spiro atoms. The van der Waals surface area contributed by atoms with Crippen LogP contribution >= 0.6 is 0 Å². The average molecular weight is 599 g/mol. The lowest BCUT2D eigenvalue weighted by molar-refractivity contribution is -0.140. The molecule has 2 heterocycles. The van der Waals surface area contributed by atoms with E-state index in [2.05, 4.69) is 10.0 Å². The number of benzene rings is 1. The summed E-state index contributed by atoms with van der Waals surface area (Å²) in [5.74, 6) is -3.33. The van der Waals surface area contributed by atoms with Crippen molar-refractivity contribution in [3.05, 3.63) is 47.5 Å². The van der Waals surface area contributed by atoms with Gasteiger partial charge in [0, 0.05) is 32.6 Å². The minimum Gasteiger partial charge on any atom is -0.446 e. The molecule has 0 aromatic heterocycles. The van der Waals surface area contributed by atoms with Gasteiger partial charge in [0.25, 0.3) is 5.91 Å². The van der Waals surface area contributed by atoms with Crippen LogP contribution in [0.4, 0.5) is 4.79 Å². The van der Waals surface area contributed by atoms with Crippen LogP contribution in [0.5, 0.6) is 0 Å². The normalized spacial score (nSPS) is 32.1. The molecular formula is C30H38N4O7S. The zero-order chi connectivity index (χ0) is 29.6. The Morgan fingerprint density at radius 3 is 2.43 bits per heavy atom. The number of hydrogen-bond acceptors (Lipinski definition) is 7. The fourth-order valence-electron chi connectivity index (χ4n) is 6.57. The predicted molar refractivity (Wildman–Crippen MR) is 152 cm³/mol. The lowest BCUT2D eigenvalue weighted by atomic mass is 9.93. The molecule has 2 N–H and O–H groups in total. The van der Waals surface area contributed by atoms with E-state index in [1.165, 1.54) is 0 Å². The molecule has 0 bridgehead atoms. The Hall–Kier alpha value is -3.41. The molecule has 1 aromatic rings. The highest BCUT2D eigenvalue weighted by Crippen LogP contribution is 2.47. The van der Waals surface area contributed by atoms with Gasteiger partial charge in [-0.05, 0) is 62.5 Å². The maximum absolute atomic E-state index is 13.8. The third-order valence-corrected chi connectivity index (χ3v) is 11.2. The highest BCUT2D eigenvalue weighted by molar-refractivity contribution is 7.91. The standard InChI is InChI=1S/C30H38N4O7S/c1-33-13-7-3-2-4-10-21-16-30(21,28(37)32-42(39,40)23-11-12-23)31-26(35)24-14-22(15-25(24)27(33)36)41-29(38)34-17-19-8-5-6-9-20(19)18-34/h4-6,8-10,21-25H,2-3,7,11-18H2,1H3,(H,31,35)(H,32,37)/b10-4-/t21-,22+,24+,25+,30-/m0/s1. The molecule has 0 saturated heterocycles. The summed E-state index contributed by atoms with van der Waals surface area (Å²) in [6.45, 7) is 1.42. The van der Waals surface area contributed by atoms with E-state index in [-0.39, 0.29) is 31.1 Å². The third-order valence-electron chi connectivity index (χ3n) is 9.36. The van der Waals surface area contributed by atoms with Gasteiger partial charge in [-0.25, -0.2) is 13.2 Å². The molecule has 2 aliphatic heterocycles. The molecular weight excluding hydrogens is 560 g/mol. The Kier molecular flexibility index (Phi) is 7.53. The molecule has 4 amide bonds. The summed E-state index contributed by atoms with van der Waals surface area (Å²) < 4.78 is 33.2. The zero-order valence-electron chi connectivity index (χ0n) is 23.8. The molecule has 42 heavy (non-hydrogen) atoms. The summed E-state index contributed by atoms with van der Waals surface area (Å²) in [7, 11) is -2.09. The summed E-state index contributed by atoms with van der Waals surface area (Å²) in [4.78, 5) is 57.1. The molecule has 0 unspecified atom stereocenters. The summed E-state index contributed by atoms with van der Waals surface area (Å²) in [5.41, 5.74) is 0.728. The van der Waals surface area contributed by atoms with Crippen molar-refractivity contribution in [1.82, 2.24) is 19.8 Å². The number of sulfonamides is 1. The van der Waals surface area contributed by atoms with Crippen LogP contribution in [0.15, 0.2) is 36.4 Å². The van der Waals surface area contributed by atoms with Crippen molar-refractivity contribution in [3.8, 4) is 0 Å². The number of nitrogens with one attached hydrogen (secondary N) is 2. The van der Waals surface area contributed by atoms with Gasteiger partial charge in [0.15, 0.2) is 0 Å². The van der Waals surface area contributed by atoms with Gasteiger partial charge in [-0.3, -0.25) is 24.0 Å². The maximum atomic E-state index is 13.8. The van der Waals surface area contributed by atoms with Crippen LogP contribution in [-0.4, -0.2) is 72.5 Å². The number of ether oxygens (including phenoxy) is 1. The molecule has 226 valence electrons. The van der Waals surface area contributed by atoms with E-state index in [4.69, 9.17) is 4.74 Å². The largest absolute Gasteiger partial charge is 0.446 e. The van der Waals surface area contributed by atoms with Crippen LogP contribution in [-0.2, 0) is 42.2 Å². The van der Waals surface area contributed by atoms with Gasteiger partial charge in [0.05, 0.1) is 17.1 Å². The van der Waals surface area contributed by atoms with Gasteiger partial charge in [-0.2, -0.15) is 0 Å². The Labute approximate surface area is 246 Å². The molecule has 11 nitrogen and oxygen atoms in total.